The number of nitrogens with zero attached hydrogens (tertiary/aromatic N) is 3. The van der Waals surface area contributed by atoms with Crippen LogP contribution in [-0.4, -0.2) is 21.6 Å². The number of ether oxygens (including phenoxy) is 1. The van der Waals surface area contributed by atoms with Crippen LogP contribution in [0.2, 0.25) is 0 Å². The van der Waals surface area contributed by atoms with Gasteiger partial charge in [-0.1, -0.05) is 0 Å². The smallest absolute Gasteiger partial charge is 0.143 e. The highest BCUT2D eigenvalue weighted by atomic mass is 16.5. The number of aryl methyl sites for hydroxylation is 1. The molecule has 0 aliphatic heterocycles. The number of aromatic nitrogens is 3. The molecule has 0 saturated heterocycles. The van der Waals surface area contributed by atoms with E-state index in [9.17, 15) is 0 Å². The van der Waals surface area contributed by atoms with Crippen molar-refractivity contribution in [2.75, 3.05) is 12.8 Å². The van der Waals surface area contributed by atoms with E-state index in [1.807, 2.05) is 35.9 Å². The SMILES string of the molecule is COc1ccc(N)c(-c2nc3cnccc3n2C)c1. The number of methoxy groups -OCH3 is 1. The van der Waals surface area contributed by atoms with E-state index < -0.39 is 0 Å². The topological polar surface area (TPSA) is 66.0 Å². The zero-order chi connectivity index (χ0) is 13.4. The van der Waals surface area contributed by atoms with Crippen molar-refractivity contribution >= 4 is 16.7 Å². The summed E-state index contributed by atoms with van der Waals surface area (Å²) in [5.41, 5.74) is 9.44. The Morgan fingerprint density at radius 3 is 2.84 bits per heavy atom. The first-order chi connectivity index (χ1) is 9.20. The predicted molar refractivity (Wildman–Crippen MR) is 74.9 cm³/mol. The Morgan fingerprint density at radius 1 is 1.26 bits per heavy atom. The molecule has 2 aromatic heterocycles. The van der Waals surface area contributed by atoms with Crippen LogP contribution in [0.4, 0.5) is 5.69 Å². The Bertz CT molecular complexity index is 748. The molecule has 0 fully saturated rings. The van der Waals surface area contributed by atoms with Gasteiger partial charge in [-0.3, -0.25) is 4.98 Å². The van der Waals surface area contributed by atoms with Gasteiger partial charge in [-0.15, -0.1) is 0 Å². The van der Waals surface area contributed by atoms with E-state index in [1.54, 1.807) is 19.5 Å². The highest BCUT2D eigenvalue weighted by Gasteiger charge is 2.13. The zero-order valence-corrected chi connectivity index (χ0v) is 10.8. The lowest BCUT2D eigenvalue weighted by atomic mass is 10.1. The Labute approximate surface area is 110 Å². The molecule has 0 aliphatic rings. The first kappa shape index (κ1) is 11.5. The Morgan fingerprint density at radius 2 is 2.11 bits per heavy atom. The Kier molecular flexibility index (Phi) is 2.59. The van der Waals surface area contributed by atoms with Crippen LogP contribution in [0.3, 0.4) is 0 Å². The largest absolute Gasteiger partial charge is 0.497 e. The molecular formula is C14H14N4O. The molecule has 0 amide bonds. The van der Waals surface area contributed by atoms with Gasteiger partial charge in [0, 0.05) is 24.5 Å². The summed E-state index contributed by atoms with van der Waals surface area (Å²) in [6.45, 7) is 0. The summed E-state index contributed by atoms with van der Waals surface area (Å²) in [6, 6.07) is 7.49. The van der Waals surface area contributed by atoms with Crippen molar-refractivity contribution in [2.24, 2.45) is 7.05 Å². The summed E-state index contributed by atoms with van der Waals surface area (Å²) in [7, 11) is 3.59. The van der Waals surface area contributed by atoms with E-state index in [2.05, 4.69) is 9.97 Å². The summed E-state index contributed by atoms with van der Waals surface area (Å²) in [5.74, 6) is 1.56. The molecule has 5 heteroatoms. The molecule has 5 nitrogen and oxygen atoms in total. The van der Waals surface area contributed by atoms with Crippen LogP contribution >= 0.6 is 0 Å². The molecule has 0 unspecified atom stereocenters. The lowest BCUT2D eigenvalue weighted by molar-refractivity contribution is 0.415. The first-order valence-electron chi connectivity index (χ1n) is 5.91. The third-order valence-electron chi connectivity index (χ3n) is 3.18. The Balaban J connectivity index is 2.27. The second-order valence-electron chi connectivity index (χ2n) is 4.31. The molecule has 0 atom stereocenters. The number of nitrogens with two attached hydrogens (primary N) is 1. The van der Waals surface area contributed by atoms with E-state index in [1.165, 1.54) is 0 Å². The molecular weight excluding hydrogens is 240 g/mol. The molecule has 0 spiro atoms. The number of hydrogen-bond donors (Lipinski definition) is 1. The minimum atomic E-state index is 0.673. The van der Waals surface area contributed by atoms with Crippen molar-refractivity contribution in [3.8, 4) is 17.1 Å². The number of benzene rings is 1. The van der Waals surface area contributed by atoms with E-state index in [0.29, 0.717) is 5.69 Å². The number of anilines is 1. The molecule has 2 heterocycles. The standard InChI is InChI=1S/C14H14N4O/c1-18-13-5-6-16-8-12(13)17-14(18)10-7-9(19-2)3-4-11(10)15/h3-8H,15H2,1-2H3. The van der Waals surface area contributed by atoms with Crippen LogP contribution in [0.15, 0.2) is 36.7 Å². The maximum atomic E-state index is 6.04. The molecule has 0 saturated carbocycles. The molecule has 0 aliphatic carbocycles. The fraction of sp³-hybridized carbons (Fsp3) is 0.143. The quantitative estimate of drug-likeness (QED) is 0.712. The van der Waals surface area contributed by atoms with Crippen molar-refractivity contribution in [1.29, 1.82) is 0 Å². The van der Waals surface area contributed by atoms with Gasteiger partial charge >= 0.3 is 0 Å². The normalized spacial score (nSPS) is 10.8. The van der Waals surface area contributed by atoms with Crippen LogP contribution in [0.5, 0.6) is 5.75 Å². The second-order valence-corrected chi connectivity index (χ2v) is 4.31. The Hall–Kier alpha value is -2.56. The summed E-state index contributed by atoms with van der Waals surface area (Å²) in [6.07, 6.45) is 3.50. The van der Waals surface area contributed by atoms with E-state index in [-0.39, 0.29) is 0 Å². The molecule has 3 aromatic rings. The zero-order valence-electron chi connectivity index (χ0n) is 10.8. The van der Waals surface area contributed by atoms with Crippen molar-refractivity contribution in [2.45, 2.75) is 0 Å². The molecule has 3 rings (SSSR count). The number of imidazole rings is 1. The van der Waals surface area contributed by atoms with Gasteiger partial charge in [0.1, 0.15) is 17.1 Å². The fourth-order valence-electron chi connectivity index (χ4n) is 2.15. The average molecular weight is 254 g/mol. The van der Waals surface area contributed by atoms with Gasteiger partial charge in [0.25, 0.3) is 0 Å². The number of nitrogen functional groups attached to an aromatic ring is 1. The molecule has 0 radical (unpaired) electrons. The minimum Gasteiger partial charge on any atom is -0.497 e. The number of fused-ring (bicyclic) bond motifs is 1. The molecule has 0 bridgehead atoms. The van der Waals surface area contributed by atoms with Crippen LogP contribution in [0.25, 0.3) is 22.4 Å². The summed E-state index contributed by atoms with van der Waals surface area (Å²) in [4.78, 5) is 8.67. The summed E-state index contributed by atoms with van der Waals surface area (Å²) in [5, 5.41) is 0. The maximum Gasteiger partial charge on any atom is 0.143 e. The average Bonchev–Trinajstić information content (AvgIpc) is 2.77. The monoisotopic (exact) mass is 254 g/mol. The molecule has 19 heavy (non-hydrogen) atoms. The molecule has 2 N–H and O–H groups in total. The van der Waals surface area contributed by atoms with E-state index >= 15 is 0 Å². The molecule has 96 valence electrons. The lowest BCUT2D eigenvalue weighted by Gasteiger charge is -2.08. The van der Waals surface area contributed by atoms with Gasteiger partial charge in [0.05, 0.1) is 18.8 Å². The van der Waals surface area contributed by atoms with Crippen molar-refractivity contribution < 1.29 is 4.74 Å². The second kappa shape index (κ2) is 4.28. The highest BCUT2D eigenvalue weighted by molar-refractivity contribution is 5.83. The van der Waals surface area contributed by atoms with Gasteiger partial charge in [0.15, 0.2) is 0 Å². The first-order valence-corrected chi connectivity index (χ1v) is 5.91. The number of rotatable bonds is 2. The number of pyridine rings is 1. The molecule has 1 aromatic carbocycles. The predicted octanol–water partition coefficient (Wildman–Crippen LogP) is 2.23. The third kappa shape index (κ3) is 1.79. The van der Waals surface area contributed by atoms with E-state index in [0.717, 1.165) is 28.2 Å². The van der Waals surface area contributed by atoms with Crippen molar-refractivity contribution in [1.82, 2.24) is 14.5 Å². The van der Waals surface area contributed by atoms with Gasteiger partial charge < -0.3 is 15.0 Å². The van der Waals surface area contributed by atoms with Crippen LogP contribution < -0.4 is 10.5 Å². The minimum absolute atomic E-state index is 0.673. The van der Waals surface area contributed by atoms with Crippen LogP contribution in [0, 0.1) is 0 Å². The highest BCUT2D eigenvalue weighted by Crippen LogP contribution is 2.30. The van der Waals surface area contributed by atoms with Gasteiger partial charge in [-0.2, -0.15) is 0 Å². The lowest BCUT2D eigenvalue weighted by Crippen LogP contribution is -1.97. The van der Waals surface area contributed by atoms with Crippen molar-refractivity contribution in [3.05, 3.63) is 36.7 Å². The van der Waals surface area contributed by atoms with Gasteiger partial charge in [-0.25, -0.2) is 4.98 Å². The van der Waals surface area contributed by atoms with Crippen LogP contribution in [0.1, 0.15) is 0 Å². The van der Waals surface area contributed by atoms with Crippen LogP contribution in [-0.2, 0) is 7.05 Å². The maximum absolute atomic E-state index is 6.04. The van der Waals surface area contributed by atoms with Gasteiger partial charge in [-0.05, 0) is 24.3 Å². The summed E-state index contributed by atoms with van der Waals surface area (Å²) >= 11 is 0. The van der Waals surface area contributed by atoms with E-state index in [4.69, 9.17) is 10.5 Å². The van der Waals surface area contributed by atoms with Gasteiger partial charge in [0.2, 0.25) is 0 Å². The fourth-order valence-corrected chi connectivity index (χ4v) is 2.15. The third-order valence-corrected chi connectivity index (χ3v) is 3.18. The van der Waals surface area contributed by atoms with Crippen molar-refractivity contribution in [3.63, 3.8) is 0 Å². The number of hydrogen-bond acceptors (Lipinski definition) is 4. The summed E-state index contributed by atoms with van der Waals surface area (Å²) < 4.78 is 7.24.